The predicted octanol–water partition coefficient (Wildman–Crippen LogP) is 2.41. The molecule has 0 aromatic heterocycles. The maximum absolute atomic E-state index is 3.76. The van der Waals surface area contributed by atoms with Crippen LogP contribution in [0.5, 0.6) is 0 Å². The van der Waals surface area contributed by atoms with Crippen molar-refractivity contribution in [3.05, 3.63) is 0 Å². The van der Waals surface area contributed by atoms with Gasteiger partial charge in [-0.05, 0) is 12.8 Å². The van der Waals surface area contributed by atoms with Crippen LogP contribution in [0.3, 0.4) is 0 Å². The molecule has 0 radical (unpaired) electrons. The van der Waals surface area contributed by atoms with Gasteiger partial charge >= 0.3 is 0 Å². The molecule has 0 saturated heterocycles. The van der Waals surface area contributed by atoms with Crippen LogP contribution in [0, 0.1) is 0 Å². The first-order chi connectivity index (χ1) is 2.81. The van der Waals surface area contributed by atoms with Gasteiger partial charge in [0.2, 0.25) is 0 Å². The fourth-order valence-corrected chi connectivity index (χ4v) is 0.900. The predicted molar refractivity (Wildman–Crippen MR) is 37.4 cm³/mol. The minimum absolute atomic E-state index is 0.285. The zero-order valence-electron chi connectivity index (χ0n) is 4.31. The van der Waals surface area contributed by atoms with Crippen LogP contribution in [0.1, 0.15) is 6.92 Å². The van der Waals surface area contributed by atoms with E-state index in [4.69, 9.17) is 0 Å². The molecule has 6 heavy (non-hydrogen) atoms. The largest absolute Gasteiger partial charge is 0.0842 e. The summed E-state index contributed by atoms with van der Waals surface area (Å²) in [4.78, 5) is 0. The Morgan fingerprint density at radius 2 is 2.33 bits per heavy atom. The topological polar surface area (TPSA) is 0 Å². The third-order valence-electron chi connectivity index (χ3n) is 0.699. The van der Waals surface area contributed by atoms with Gasteiger partial charge in [0.25, 0.3) is 0 Å². The molecule has 0 aliphatic carbocycles. The van der Waals surface area contributed by atoms with Gasteiger partial charge in [0.15, 0.2) is 0 Å². The van der Waals surface area contributed by atoms with Gasteiger partial charge in [-0.1, -0.05) is 28.7 Å². The van der Waals surface area contributed by atoms with E-state index in [-0.39, 0.29) is 7.61 Å². The van der Waals surface area contributed by atoms with Crippen molar-refractivity contribution in [3.8, 4) is 0 Å². The summed E-state index contributed by atoms with van der Waals surface area (Å²) in [6.45, 7) is 4.48. The minimum Gasteiger partial charge on any atom is -0.0842 e. The smallest absolute Gasteiger partial charge is 0.0280 e. The minimum atomic E-state index is 0.285. The third-order valence-corrected chi connectivity index (χ3v) is 4.39. The summed E-state index contributed by atoms with van der Waals surface area (Å²) in [5, 5.41) is 0. The molecular formula is C4H10P2. The van der Waals surface area contributed by atoms with Crippen molar-refractivity contribution in [1.29, 1.82) is 0 Å². The fraction of sp³-hybridized carbons (Fsp3) is 0.750. The van der Waals surface area contributed by atoms with Crippen LogP contribution in [0.25, 0.3) is 0 Å². The molecule has 0 aromatic carbocycles. The normalized spacial score (nSPS) is 15.0. The average Bonchev–Trinajstić information content (AvgIpc) is 1.65. The summed E-state index contributed by atoms with van der Waals surface area (Å²) < 4.78 is 0. The first-order valence-corrected chi connectivity index (χ1v) is 5.75. The molecule has 36 valence electrons. The maximum Gasteiger partial charge on any atom is -0.0280 e. The number of rotatable bonds is 2. The van der Waals surface area contributed by atoms with Gasteiger partial charge < -0.3 is 0 Å². The second kappa shape index (κ2) is 3.78. The van der Waals surface area contributed by atoms with Crippen molar-refractivity contribution >= 4 is 21.8 Å². The Balaban J connectivity index is 2.96. The van der Waals surface area contributed by atoms with Gasteiger partial charge in [0.1, 0.15) is 0 Å². The van der Waals surface area contributed by atoms with Crippen molar-refractivity contribution in [2.24, 2.45) is 0 Å². The van der Waals surface area contributed by atoms with E-state index < -0.39 is 0 Å². The first kappa shape index (κ1) is 6.60. The van der Waals surface area contributed by atoms with Crippen LogP contribution in [0.4, 0.5) is 0 Å². The van der Waals surface area contributed by atoms with E-state index in [9.17, 15) is 0 Å². The Labute approximate surface area is 42.4 Å². The van der Waals surface area contributed by atoms with E-state index in [1.807, 2.05) is 0 Å². The summed E-state index contributed by atoms with van der Waals surface area (Å²) >= 11 is 0. The molecule has 0 aliphatic rings. The molecule has 0 heterocycles. The van der Waals surface area contributed by atoms with Crippen LogP contribution in [0.2, 0.25) is 0 Å². The van der Waals surface area contributed by atoms with Crippen molar-refractivity contribution < 1.29 is 0 Å². The molecule has 0 rings (SSSR count). The van der Waals surface area contributed by atoms with E-state index in [0.717, 1.165) is 0 Å². The van der Waals surface area contributed by atoms with Crippen molar-refractivity contribution in [1.82, 2.24) is 0 Å². The molecule has 0 nitrogen and oxygen atoms in total. The van der Waals surface area contributed by atoms with E-state index in [1.54, 1.807) is 0 Å². The lowest BCUT2D eigenvalue weighted by atomic mass is 11.0. The van der Waals surface area contributed by atoms with Crippen molar-refractivity contribution in [2.45, 2.75) is 6.92 Å². The monoisotopic (exact) mass is 120 g/mol. The molecule has 0 aromatic rings. The number of hydrogen-bond acceptors (Lipinski definition) is 0. The van der Waals surface area contributed by atoms with Crippen molar-refractivity contribution in [3.63, 3.8) is 0 Å². The summed E-state index contributed by atoms with van der Waals surface area (Å²) in [5.74, 6) is 0. The molecule has 0 saturated carbocycles. The summed E-state index contributed by atoms with van der Waals surface area (Å²) in [6, 6.07) is 0. The molecule has 0 fully saturated rings. The van der Waals surface area contributed by atoms with Gasteiger partial charge in [0.05, 0.1) is 0 Å². The Morgan fingerprint density at radius 1 is 1.83 bits per heavy atom. The van der Waals surface area contributed by atoms with Gasteiger partial charge in [-0.15, -0.1) is 0 Å². The van der Waals surface area contributed by atoms with E-state index in [1.165, 1.54) is 14.1 Å². The SMILES string of the molecule is C=PP(C)CC. The molecule has 1 unspecified atom stereocenters. The van der Waals surface area contributed by atoms with Crippen LogP contribution in [-0.2, 0) is 0 Å². The highest BCUT2D eigenvalue weighted by atomic mass is 32.0. The molecule has 1 atom stereocenters. The lowest BCUT2D eigenvalue weighted by Crippen LogP contribution is -1.59. The summed E-state index contributed by atoms with van der Waals surface area (Å²) in [7, 11) is 1.63. The summed E-state index contributed by atoms with van der Waals surface area (Å²) in [5.41, 5.74) is 0. The quantitative estimate of drug-likeness (QED) is 0.491. The highest BCUT2D eigenvalue weighted by Crippen LogP contribution is 2.43. The highest BCUT2D eigenvalue weighted by Gasteiger charge is 1.83. The van der Waals surface area contributed by atoms with Gasteiger partial charge in [-0.2, -0.15) is 0 Å². The van der Waals surface area contributed by atoms with Crippen molar-refractivity contribution in [2.75, 3.05) is 12.8 Å². The Hall–Kier alpha value is 0.600. The van der Waals surface area contributed by atoms with E-state index >= 15 is 0 Å². The second-order valence-corrected chi connectivity index (χ2v) is 6.24. The Morgan fingerprint density at radius 3 is 2.33 bits per heavy atom. The average molecular weight is 120 g/mol. The molecule has 2 heteroatoms. The lowest BCUT2D eigenvalue weighted by Gasteiger charge is -1.94. The third kappa shape index (κ3) is 2.82. The molecule has 0 amide bonds. The molecular weight excluding hydrogens is 110 g/mol. The first-order valence-electron chi connectivity index (χ1n) is 1.99. The second-order valence-electron chi connectivity index (χ2n) is 1.12. The van der Waals surface area contributed by atoms with Crippen LogP contribution in [0.15, 0.2) is 0 Å². The van der Waals surface area contributed by atoms with Gasteiger partial charge in [-0.25, -0.2) is 0 Å². The Bertz CT molecular complexity index is 42.8. The zero-order valence-corrected chi connectivity index (χ0v) is 6.10. The maximum atomic E-state index is 3.76. The Kier molecular flexibility index (Phi) is 4.16. The molecule has 0 N–H and O–H groups in total. The van der Waals surface area contributed by atoms with Gasteiger partial charge in [-0.3, -0.25) is 0 Å². The summed E-state index contributed by atoms with van der Waals surface area (Å²) in [6.07, 6.45) is 5.08. The zero-order chi connectivity index (χ0) is 4.99. The fourth-order valence-electron chi connectivity index (χ4n) is 0.1000. The highest BCUT2D eigenvalue weighted by molar-refractivity contribution is 8.19. The molecule has 0 aliphatic heterocycles. The van der Waals surface area contributed by atoms with Gasteiger partial charge in [0, 0.05) is 0 Å². The van der Waals surface area contributed by atoms with E-state index in [0.29, 0.717) is 0 Å². The van der Waals surface area contributed by atoms with Crippen LogP contribution < -0.4 is 0 Å². The number of hydrogen-bond donors (Lipinski definition) is 0. The van der Waals surface area contributed by atoms with E-state index in [2.05, 4.69) is 19.9 Å². The van der Waals surface area contributed by atoms with Crippen LogP contribution in [-0.4, -0.2) is 19.1 Å². The molecule has 0 bridgehead atoms. The lowest BCUT2D eigenvalue weighted by molar-refractivity contribution is 1.51. The molecule has 0 spiro atoms. The standard InChI is InChI=1S/C4H10P2/c1-4-6(3)5-2/h2,4H2,1,3H3. The van der Waals surface area contributed by atoms with Crippen LogP contribution >= 0.6 is 15.5 Å².